The molecule has 1 fully saturated rings. The number of rotatable bonds is 4. The van der Waals surface area contributed by atoms with Crippen LogP contribution in [0.5, 0.6) is 0 Å². The summed E-state index contributed by atoms with van der Waals surface area (Å²) in [7, 11) is 1.61. The summed E-state index contributed by atoms with van der Waals surface area (Å²) in [5, 5.41) is 3.81. The Labute approximate surface area is 112 Å². The number of hydrogen-bond acceptors (Lipinski definition) is 5. The molecule has 2 atom stereocenters. The fourth-order valence-electron chi connectivity index (χ4n) is 2.07. The van der Waals surface area contributed by atoms with Crippen molar-refractivity contribution in [2.75, 3.05) is 19.0 Å². The monoisotopic (exact) mass is 271 g/mol. The number of ether oxygens (including phenoxy) is 2. The lowest BCUT2D eigenvalue weighted by Crippen LogP contribution is -2.32. The summed E-state index contributed by atoms with van der Waals surface area (Å²) in [6.45, 7) is 3.22. The molecule has 1 aliphatic heterocycles. The third-order valence-electron chi connectivity index (χ3n) is 2.85. The number of halogens is 1. The highest BCUT2D eigenvalue weighted by molar-refractivity contribution is 6.29. The van der Waals surface area contributed by atoms with Crippen molar-refractivity contribution >= 4 is 17.4 Å². The van der Waals surface area contributed by atoms with Crippen molar-refractivity contribution in [3.63, 3.8) is 0 Å². The summed E-state index contributed by atoms with van der Waals surface area (Å²) in [5.41, 5.74) is 0. The van der Waals surface area contributed by atoms with Crippen LogP contribution in [0, 0.1) is 0 Å². The van der Waals surface area contributed by atoms with E-state index in [9.17, 15) is 0 Å². The van der Waals surface area contributed by atoms with Crippen LogP contribution in [-0.2, 0) is 16.1 Å². The van der Waals surface area contributed by atoms with E-state index in [0.29, 0.717) is 23.6 Å². The molecule has 0 aromatic carbocycles. The van der Waals surface area contributed by atoms with E-state index >= 15 is 0 Å². The SMILES string of the molecule is COCc1nc(Cl)cc(NC2CCOC(C)C2)n1. The fraction of sp³-hybridized carbons (Fsp3) is 0.667. The predicted molar refractivity (Wildman–Crippen MR) is 69.8 cm³/mol. The Hall–Kier alpha value is -0.910. The quantitative estimate of drug-likeness (QED) is 0.852. The van der Waals surface area contributed by atoms with E-state index in [0.717, 1.165) is 25.3 Å². The molecular formula is C12H18ClN3O2. The summed E-state index contributed by atoms with van der Waals surface area (Å²) in [4.78, 5) is 8.47. The lowest BCUT2D eigenvalue weighted by molar-refractivity contribution is 0.0231. The molecule has 2 heterocycles. The molecule has 1 aromatic rings. The highest BCUT2D eigenvalue weighted by atomic mass is 35.5. The van der Waals surface area contributed by atoms with Crippen molar-refractivity contribution in [3.05, 3.63) is 17.0 Å². The first kappa shape index (κ1) is 13.5. The molecule has 0 radical (unpaired) electrons. The zero-order chi connectivity index (χ0) is 13.0. The Bertz CT molecular complexity index is 403. The van der Waals surface area contributed by atoms with Crippen molar-refractivity contribution < 1.29 is 9.47 Å². The number of hydrogen-bond donors (Lipinski definition) is 1. The Kier molecular flexibility index (Phi) is 4.74. The highest BCUT2D eigenvalue weighted by Gasteiger charge is 2.19. The summed E-state index contributed by atoms with van der Waals surface area (Å²) in [6.07, 6.45) is 2.24. The van der Waals surface area contributed by atoms with Gasteiger partial charge in [-0.25, -0.2) is 9.97 Å². The highest BCUT2D eigenvalue weighted by Crippen LogP contribution is 2.19. The van der Waals surface area contributed by atoms with Crippen LogP contribution in [0.4, 0.5) is 5.82 Å². The van der Waals surface area contributed by atoms with Gasteiger partial charge in [0.25, 0.3) is 0 Å². The lowest BCUT2D eigenvalue weighted by Gasteiger charge is -2.28. The number of nitrogens with one attached hydrogen (secondary N) is 1. The Morgan fingerprint density at radius 1 is 1.56 bits per heavy atom. The molecule has 0 spiro atoms. The van der Waals surface area contributed by atoms with Crippen molar-refractivity contribution in [1.82, 2.24) is 9.97 Å². The molecule has 6 heteroatoms. The van der Waals surface area contributed by atoms with Gasteiger partial charge in [-0.2, -0.15) is 0 Å². The van der Waals surface area contributed by atoms with Gasteiger partial charge in [0, 0.05) is 25.8 Å². The molecule has 2 unspecified atom stereocenters. The van der Waals surface area contributed by atoms with E-state index in [1.807, 2.05) is 0 Å². The molecule has 1 saturated heterocycles. The van der Waals surface area contributed by atoms with Gasteiger partial charge in [-0.3, -0.25) is 0 Å². The summed E-state index contributed by atoms with van der Waals surface area (Å²) in [6, 6.07) is 2.11. The minimum Gasteiger partial charge on any atom is -0.378 e. The molecule has 18 heavy (non-hydrogen) atoms. The van der Waals surface area contributed by atoms with Crippen LogP contribution in [0.2, 0.25) is 5.15 Å². The maximum absolute atomic E-state index is 5.96. The number of methoxy groups -OCH3 is 1. The summed E-state index contributed by atoms with van der Waals surface area (Å²) in [5.74, 6) is 1.34. The lowest BCUT2D eigenvalue weighted by atomic mass is 10.0. The van der Waals surface area contributed by atoms with E-state index in [-0.39, 0.29) is 6.10 Å². The third-order valence-corrected chi connectivity index (χ3v) is 3.05. The van der Waals surface area contributed by atoms with Crippen LogP contribution >= 0.6 is 11.6 Å². The normalized spacial score (nSPS) is 23.9. The molecule has 1 N–H and O–H groups in total. The Morgan fingerprint density at radius 2 is 2.39 bits per heavy atom. The first-order valence-corrected chi connectivity index (χ1v) is 6.45. The first-order chi connectivity index (χ1) is 8.67. The van der Waals surface area contributed by atoms with Gasteiger partial charge in [0.05, 0.1) is 6.10 Å². The van der Waals surface area contributed by atoms with Gasteiger partial charge < -0.3 is 14.8 Å². The van der Waals surface area contributed by atoms with Gasteiger partial charge in [0.15, 0.2) is 5.82 Å². The van der Waals surface area contributed by atoms with E-state index in [1.165, 1.54) is 0 Å². The van der Waals surface area contributed by atoms with Crippen LogP contribution in [-0.4, -0.2) is 35.8 Å². The van der Waals surface area contributed by atoms with Gasteiger partial charge in [-0.05, 0) is 19.8 Å². The van der Waals surface area contributed by atoms with E-state index < -0.39 is 0 Å². The Morgan fingerprint density at radius 3 is 3.11 bits per heavy atom. The molecule has 0 saturated carbocycles. The second-order valence-electron chi connectivity index (χ2n) is 4.47. The van der Waals surface area contributed by atoms with Gasteiger partial charge in [0.2, 0.25) is 0 Å². The van der Waals surface area contributed by atoms with Crippen molar-refractivity contribution in [2.24, 2.45) is 0 Å². The maximum Gasteiger partial charge on any atom is 0.158 e. The van der Waals surface area contributed by atoms with Gasteiger partial charge in [-0.15, -0.1) is 0 Å². The second-order valence-corrected chi connectivity index (χ2v) is 4.86. The molecule has 0 amide bonds. The standard InChI is InChI=1S/C12H18ClN3O2/c1-8-5-9(3-4-18-8)14-11-6-10(13)15-12(16-11)7-17-2/h6,8-9H,3-5,7H2,1-2H3,(H,14,15,16). The van der Waals surface area contributed by atoms with Gasteiger partial charge in [0.1, 0.15) is 17.6 Å². The largest absolute Gasteiger partial charge is 0.378 e. The van der Waals surface area contributed by atoms with Crippen LogP contribution in [0.15, 0.2) is 6.07 Å². The molecule has 0 bridgehead atoms. The zero-order valence-corrected chi connectivity index (χ0v) is 11.4. The van der Waals surface area contributed by atoms with Crippen LogP contribution in [0.25, 0.3) is 0 Å². The molecule has 1 aromatic heterocycles. The van der Waals surface area contributed by atoms with Gasteiger partial charge >= 0.3 is 0 Å². The molecule has 100 valence electrons. The molecule has 5 nitrogen and oxygen atoms in total. The number of nitrogens with zero attached hydrogens (tertiary/aromatic N) is 2. The number of aromatic nitrogens is 2. The third kappa shape index (κ3) is 3.80. The smallest absolute Gasteiger partial charge is 0.158 e. The molecule has 0 aliphatic carbocycles. The van der Waals surface area contributed by atoms with Crippen molar-refractivity contribution in [2.45, 2.75) is 38.5 Å². The van der Waals surface area contributed by atoms with E-state index in [2.05, 4.69) is 22.2 Å². The minimum absolute atomic E-state index is 0.284. The van der Waals surface area contributed by atoms with E-state index in [1.54, 1.807) is 13.2 Å². The van der Waals surface area contributed by atoms with Crippen LogP contribution in [0.3, 0.4) is 0 Å². The average molecular weight is 272 g/mol. The predicted octanol–water partition coefficient (Wildman–Crippen LogP) is 2.26. The van der Waals surface area contributed by atoms with Crippen molar-refractivity contribution in [3.8, 4) is 0 Å². The zero-order valence-electron chi connectivity index (χ0n) is 10.6. The van der Waals surface area contributed by atoms with Crippen LogP contribution < -0.4 is 5.32 Å². The minimum atomic E-state index is 0.284. The topological polar surface area (TPSA) is 56.3 Å². The van der Waals surface area contributed by atoms with Crippen molar-refractivity contribution in [1.29, 1.82) is 0 Å². The number of anilines is 1. The molecule has 1 aliphatic rings. The summed E-state index contributed by atoms with van der Waals surface area (Å²) >= 11 is 5.96. The summed E-state index contributed by atoms with van der Waals surface area (Å²) < 4.78 is 10.5. The van der Waals surface area contributed by atoms with Gasteiger partial charge in [-0.1, -0.05) is 11.6 Å². The maximum atomic E-state index is 5.96. The molecular weight excluding hydrogens is 254 g/mol. The van der Waals surface area contributed by atoms with Crippen LogP contribution in [0.1, 0.15) is 25.6 Å². The van der Waals surface area contributed by atoms with E-state index in [4.69, 9.17) is 21.1 Å². The first-order valence-electron chi connectivity index (χ1n) is 6.08. The average Bonchev–Trinajstić information content (AvgIpc) is 2.28. The molecule has 2 rings (SSSR count). The fourth-order valence-corrected chi connectivity index (χ4v) is 2.27. The second kappa shape index (κ2) is 6.31. The Balaban J connectivity index is 2.03.